The summed E-state index contributed by atoms with van der Waals surface area (Å²) in [5.41, 5.74) is 2.65. The number of amides is 2. The summed E-state index contributed by atoms with van der Waals surface area (Å²) < 4.78 is 0. The molecule has 9 heteroatoms. The predicted molar refractivity (Wildman–Crippen MR) is 189 cm³/mol. The molecule has 0 bridgehead atoms. The van der Waals surface area contributed by atoms with Crippen molar-refractivity contribution in [3.05, 3.63) is 172 Å². The number of nitrogens with one attached hydrogen (secondary N) is 2. The number of benzene rings is 6. The van der Waals surface area contributed by atoms with Gasteiger partial charge < -0.3 is 15.7 Å². The predicted octanol–water partition coefficient (Wildman–Crippen LogP) is 8.04. The van der Waals surface area contributed by atoms with Crippen LogP contribution in [0.3, 0.4) is 0 Å². The van der Waals surface area contributed by atoms with Crippen LogP contribution >= 0.6 is 11.8 Å². The third-order valence-electron chi connectivity index (χ3n) is 8.28. The Morgan fingerprint density at radius 2 is 1.24 bits per heavy atom. The monoisotopic (exact) mass is 662 g/mol. The molecule has 1 unspecified atom stereocenters. The molecule has 0 radical (unpaired) electrons. The van der Waals surface area contributed by atoms with Crippen molar-refractivity contribution in [3.8, 4) is 0 Å². The van der Waals surface area contributed by atoms with E-state index in [1.807, 2.05) is 36.4 Å². The fourth-order valence-electron chi connectivity index (χ4n) is 6.04. The molecule has 238 valence electrons. The largest absolute Gasteiger partial charge is 0.478 e. The van der Waals surface area contributed by atoms with Crippen LogP contribution in [0.5, 0.6) is 0 Å². The van der Waals surface area contributed by atoms with E-state index in [1.165, 1.54) is 17.8 Å². The lowest BCUT2D eigenvalue weighted by Crippen LogP contribution is -2.25. The summed E-state index contributed by atoms with van der Waals surface area (Å²) in [6.07, 6.45) is 0. The molecule has 0 aromatic heterocycles. The third kappa shape index (κ3) is 5.99. The number of fused-ring (bicyclic) bond motifs is 3. The van der Waals surface area contributed by atoms with Crippen molar-refractivity contribution < 1.29 is 29.1 Å². The van der Waals surface area contributed by atoms with E-state index in [2.05, 4.69) is 10.6 Å². The molecule has 6 aromatic carbocycles. The number of hydrogen-bond acceptors (Lipinski definition) is 6. The summed E-state index contributed by atoms with van der Waals surface area (Å²) in [5, 5.41) is 15.7. The van der Waals surface area contributed by atoms with Gasteiger partial charge in [0.2, 0.25) is 5.91 Å². The van der Waals surface area contributed by atoms with Crippen LogP contribution in [0, 0.1) is 0 Å². The first-order valence-corrected chi connectivity index (χ1v) is 16.2. The minimum atomic E-state index is -1.13. The Morgan fingerprint density at radius 1 is 0.612 bits per heavy atom. The van der Waals surface area contributed by atoms with E-state index in [0.717, 1.165) is 0 Å². The van der Waals surface area contributed by atoms with Crippen LogP contribution in [0.2, 0.25) is 0 Å². The van der Waals surface area contributed by atoms with Gasteiger partial charge in [-0.1, -0.05) is 97.1 Å². The summed E-state index contributed by atoms with van der Waals surface area (Å²) in [5.74, 6) is -2.64. The minimum Gasteiger partial charge on any atom is -0.478 e. The Bertz CT molecular complexity index is 2330. The minimum absolute atomic E-state index is 0.0271. The van der Waals surface area contributed by atoms with E-state index < -0.39 is 23.0 Å². The number of carbonyl (C=O) groups excluding carboxylic acids is 4. The van der Waals surface area contributed by atoms with E-state index in [1.54, 1.807) is 91.0 Å². The van der Waals surface area contributed by atoms with Gasteiger partial charge in [0, 0.05) is 38.2 Å². The SMILES string of the molecule is O=C1c2ccccc2C(=O)c2c(NC(=O)C(Sc3cccc(NC(=O)c4cccc5cccc(C(=O)O)c45)c3)c3ccccc3)cccc21. The van der Waals surface area contributed by atoms with Crippen LogP contribution in [-0.4, -0.2) is 34.5 Å². The summed E-state index contributed by atoms with van der Waals surface area (Å²) in [4.78, 5) is 67.0. The zero-order chi connectivity index (χ0) is 34.1. The number of carboxylic acids is 1. The van der Waals surface area contributed by atoms with Crippen LogP contribution < -0.4 is 10.6 Å². The Balaban J connectivity index is 1.17. The third-order valence-corrected chi connectivity index (χ3v) is 9.52. The lowest BCUT2D eigenvalue weighted by molar-refractivity contribution is -0.115. The van der Waals surface area contributed by atoms with Crippen LogP contribution in [0.25, 0.3) is 10.8 Å². The van der Waals surface area contributed by atoms with E-state index in [9.17, 15) is 29.1 Å². The van der Waals surface area contributed by atoms with Crippen LogP contribution in [0.4, 0.5) is 11.4 Å². The highest BCUT2D eigenvalue weighted by molar-refractivity contribution is 8.00. The lowest BCUT2D eigenvalue weighted by Gasteiger charge is -2.22. The molecule has 0 saturated carbocycles. The first-order chi connectivity index (χ1) is 23.8. The molecule has 0 spiro atoms. The van der Waals surface area contributed by atoms with Crippen LogP contribution in [0.1, 0.15) is 63.4 Å². The fourth-order valence-corrected chi connectivity index (χ4v) is 7.12. The van der Waals surface area contributed by atoms with Gasteiger partial charge in [-0.3, -0.25) is 19.2 Å². The van der Waals surface area contributed by atoms with E-state index in [0.29, 0.717) is 32.5 Å². The van der Waals surface area contributed by atoms with Gasteiger partial charge in [0.1, 0.15) is 5.25 Å². The molecular formula is C40H26N2O6S. The smallest absolute Gasteiger partial charge is 0.336 e. The summed E-state index contributed by atoms with van der Waals surface area (Å²) in [6.45, 7) is 0. The maximum absolute atomic E-state index is 14.1. The van der Waals surface area contributed by atoms with Gasteiger partial charge in [-0.25, -0.2) is 4.79 Å². The number of carboxylic acid groups (broad SMARTS) is 1. The van der Waals surface area contributed by atoms with Crippen molar-refractivity contribution in [2.24, 2.45) is 0 Å². The second-order valence-corrected chi connectivity index (χ2v) is 12.5. The molecule has 7 rings (SSSR count). The van der Waals surface area contributed by atoms with Crippen molar-refractivity contribution in [1.29, 1.82) is 0 Å². The summed E-state index contributed by atoms with van der Waals surface area (Å²) in [7, 11) is 0. The van der Waals surface area contributed by atoms with Crippen LogP contribution in [0.15, 0.2) is 138 Å². The average Bonchev–Trinajstić information content (AvgIpc) is 3.12. The van der Waals surface area contributed by atoms with E-state index in [-0.39, 0.29) is 45.1 Å². The second kappa shape index (κ2) is 13.1. The van der Waals surface area contributed by atoms with Gasteiger partial charge in [-0.2, -0.15) is 0 Å². The van der Waals surface area contributed by atoms with Gasteiger partial charge >= 0.3 is 5.97 Å². The number of rotatable bonds is 8. The maximum Gasteiger partial charge on any atom is 0.336 e. The number of anilines is 2. The molecule has 0 aliphatic heterocycles. The first-order valence-electron chi connectivity index (χ1n) is 15.3. The summed E-state index contributed by atoms with van der Waals surface area (Å²) in [6, 6.07) is 37.5. The van der Waals surface area contributed by atoms with Gasteiger partial charge in [-0.05, 0) is 47.3 Å². The molecule has 0 fully saturated rings. The standard InChI is InChI=1S/C40H26N2O6S/c43-35-27-16-4-5-17-28(27)36(44)34-29(35)18-9-21-32(34)42-39(46)37(24-10-2-1-3-11-24)49-26-15-8-14-25(22-26)41-38(45)30-19-6-12-23-13-7-20-31(33(23)30)40(47)48/h1-22,37H,(H,41,45)(H,42,46)(H,47,48). The molecule has 1 aliphatic rings. The number of carbonyl (C=O) groups is 5. The number of hydrogen-bond donors (Lipinski definition) is 3. The zero-order valence-electron chi connectivity index (χ0n) is 25.7. The molecule has 6 aromatic rings. The number of thioether (sulfide) groups is 1. The molecule has 0 heterocycles. The molecule has 1 atom stereocenters. The first kappa shape index (κ1) is 31.3. The summed E-state index contributed by atoms with van der Waals surface area (Å²) >= 11 is 1.25. The Kier molecular flexibility index (Phi) is 8.34. The van der Waals surface area contributed by atoms with Crippen molar-refractivity contribution in [3.63, 3.8) is 0 Å². The molecule has 8 nitrogen and oxygen atoms in total. The van der Waals surface area contributed by atoms with Gasteiger partial charge in [-0.15, -0.1) is 11.8 Å². The fraction of sp³-hybridized carbons (Fsp3) is 0.0250. The quantitative estimate of drug-likeness (QED) is 0.141. The van der Waals surface area contributed by atoms with Gasteiger partial charge in [0.05, 0.1) is 16.8 Å². The molecule has 2 amide bonds. The highest BCUT2D eigenvalue weighted by atomic mass is 32.2. The van der Waals surface area contributed by atoms with Gasteiger partial charge in [0.15, 0.2) is 11.6 Å². The number of ketones is 2. The number of aromatic carboxylic acids is 1. The molecule has 0 saturated heterocycles. The topological polar surface area (TPSA) is 130 Å². The zero-order valence-corrected chi connectivity index (χ0v) is 26.5. The van der Waals surface area contributed by atoms with Crippen molar-refractivity contribution >= 4 is 63.3 Å². The van der Waals surface area contributed by atoms with Gasteiger partial charge in [0.25, 0.3) is 5.91 Å². The molecule has 49 heavy (non-hydrogen) atoms. The maximum atomic E-state index is 14.1. The Hall–Kier alpha value is -6.32. The highest BCUT2D eigenvalue weighted by Crippen LogP contribution is 2.39. The van der Waals surface area contributed by atoms with Crippen molar-refractivity contribution in [1.82, 2.24) is 0 Å². The Morgan fingerprint density at radius 3 is 1.98 bits per heavy atom. The molecule has 1 aliphatic carbocycles. The van der Waals surface area contributed by atoms with Crippen LogP contribution in [-0.2, 0) is 4.79 Å². The molecular weight excluding hydrogens is 637 g/mol. The lowest BCUT2D eigenvalue weighted by atomic mass is 9.83. The van der Waals surface area contributed by atoms with E-state index in [4.69, 9.17) is 0 Å². The molecule has 3 N–H and O–H groups in total. The Labute approximate surface area is 284 Å². The normalized spacial score (nSPS) is 12.5. The average molecular weight is 663 g/mol. The van der Waals surface area contributed by atoms with Crippen molar-refractivity contribution in [2.45, 2.75) is 10.1 Å². The second-order valence-electron chi connectivity index (χ2n) is 11.3. The van der Waals surface area contributed by atoms with E-state index >= 15 is 0 Å². The highest BCUT2D eigenvalue weighted by Gasteiger charge is 2.33. The van der Waals surface area contributed by atoms with Crippen molar-refractivity contribution in [2.75, 3.05) is 10.6 Å².